The Labute approximate surface area is 112 Å². The van der Waals surface area contributed by atoms with E-state index in [1.165, 1.54) is 4.88 Å². The van der Waals surface area contributed by atoms with Crippen LogP contribution in [-0.4, -0.2) is 13.4 Å². The maximum atomic E-state index is 11.0. The van der Waals surface area contributed by atoms with Crippen LogP contribution in [0, 0.1) is 6.92 Å². The fraction of sp³-hybridized carbons (Fsp3) is 0.154. The van der Waals surface area contributed by atoms with Gasteiger partial charge >= 0.3 is 0 Å². The van der Waals surface area contributed by atoms with Crippen molar-refractivity contribution in [1.29, 1.82) is 0 Å². The minimum Gasteiger partial charge on any atom is -0.496 e. The van der Waals surface area contributed by atoms with Crippen molar-refractivity contribution in [3.63, 3.8) is 0 Å². The highest BCUT2D eigenvalue weighted by Crippen LogP contribution is 2.35. The molecule has 2 aromatic rings. The number of methoxy groups -OCH3 is 1. The zero-order valence-electron chi connectivity index (χ0n) is 9.49. The Morgan fingerprint density at radius 3 is 2.65 bits per heavy atom. The molecular formula is C13H11BrO2S. The molecule has 0 amide bonds. The maximum Gasteiger partial charge on any atom is 0.153 e. The summed E-state index contributed by atoms with van der Waals surface area (Å²) in [5.41, 5.74) is 1.61. The van der Waals surface area contributed by atoms with Crippen LogP contribution in [0.25, 0.3) is 10.4 Å². The van der Waals surface area contributed by atoms with Gasteiger partial charge in [0.1, 0.15) is 5.75 Å². The van der Waals surface area contributed by atoms with Crippen molar-refractivity contribution in [2.75, 3.05) is 7.11 Å². The van der Waals surface area contributed by atoms with Gasteiger partial charge in [-0.1, -0.05) is 0 Å². The summed E-state index contributed by atoms with van der Waals surface area (Å²) < 4.78 is 6.22. The fourth-order valence-electron chi connectivity index (χ4n) is 1.58. The highest BCUT2D eigenvalue weighted by atomic mass is 79.9. The molecule has 0 bridgehead atoms. The van der Waals surface area contributed by atoms with E-state index in [-0.39, 0.29) is 0 Å². The molecule has 1 aromatic heterocycles. The highest BCUT2D eigenvalue weighted by Gasteiger charge is 2.08. The monoisotopic (exact) mass is 310 g/mol. The van der Waals surface area contributed by atoms with Gasteiger partial charge in [0.15, 0.2) is 6.29 Å². The van der Waals surface area contributed by atoms with E-state index in [0.29, 0.717) is 11.3 Å². The van der Waals surface area contributed by atoms with Crippen molar-refractivity contribution >= 4 is 33.6 Å². The van der Waals surface area contributed by atoms with E-state index in [1.54, 1.807) is 18.4 Å². The lowest BCUT2D eigenvalue weighted by molar-refractivity contribution is 0.112. The van der Waals surface area contributed by atoms with Crippen LogP contribution in [0.2, 0.25) is 0 Å². The summed E-state index contributed by atoms with van der Waals surface area (Å²) in [4.78, 5) is 13.3. The molecule has 0 aliphatic rings. The largest absolute Gasteiger partial charge is 0.496 e. The molecule has 88 valence electrons. The lowest BCUT2D eigenvalue weighted by Gasteiger charge is -2.05. The van der Waals surface area contributed by atoms with E-state index >= 15 is 0 Å². The molecule has 1 heterocycles. The van der Waals surface area contributed by atoms with E-state index in [2.05, 4.69) is 28.9 Å². The lowest BCUT2D eigenvalue weighted by atomic mass is 10.1. The molecule has 0 saturated heterocycles. The second kappa shape index (κ2) is 5.02. The molecular weight excluding hydrogens is 300 g/mol. The molecule has 0 aliphatic carbocycles. The van der Waals surface area contributed by atoms with Crippen molar-refractivity contribution in [2.45, 2.75) is 6.92 Å². The van der Waals surface area contributed by atoms with Crippen LogP contribution in [-0.2, 0) is 0 Å². The van der Waals surface area contributed by atoms with Gasteiger partial charge < -0.3 is 4.74 Å². The van der Waals surface area contributed by atoms with Gasteiger partial charge in [-0.05, 0) is 52.7 Å². The number of aryl methyl sites for hydroxylation is 1. The molecule has 2 nitrogen and oxygen atoms in total. The van der Waals surface area contributed by atoms with E-state index in [1.807, 2.05) is 18.2 Å². The van der Waals surface area contributed by atoms with Crippen LogP contribution in [0.4, 0.5) is 0 Å². The summed E-state index contributed by atoms with van der Waals surface area (Å²) in [5, 5.41) is 0. The maximum absolute atomic E-state index is 11.0. The third-order valence-electron chi connectivity index (χ3n) is 2.50. The van der Waals surface area contributed by atoms with Crippen molar-refractivity contribution in [3.8, 4) is 16.2 Å². The Bertz CT molecular complexity index is 541. The summed E-state index contributed by atoms with van der Waals surface area (Å²) in [6.07, 6.45) is 0.817. The molecule has 0 fully saturated rings. The first-order valence-electron chi connectivity index (χ1n) is 5.05. The molecule has 0 unspecified atom stereocenters. The van der Waals surface area contributed by atoms with E-state index in [4.69, 9.17) is 4.74 Å². The molecule has 0 spiro atoms. The smallest absolute Gasteiger partial charge is 0.153 e. The Hall–Kier alpha value is -1.13. The lowest BCUT2D eigenvalue weighted by Crippen LogP contribution is -1.90. The van der Waals surface area contributed by atoms with Gasteiger partial charge in [0.2, 0.25) is 0 Å². The second-order valence-electron chi connectivity index (χ2n) is 3.59. The standard InChI is InChI=1S/C13H11BrO2S/c1-8-11(14)6-13(17-8)9-3-4-12(16-2)10(5-9)7-15/h3-7H,1-2H3. The van der Waals surface area contributed by atoms with Crippen LogP contribution in [0.5, 0.6) is 5.75 Å². The number of hydrogen-bond donors (Lipinski definition) is 0. The summed E-state index contributed by atoms with van der Waals surface area (Å²) >= 11 is 5.19. The number of thiophene rings is 1. The Morgan fingerprint density at radius 2 is 2.12 bits per heavy atom. The first kappa shape index (κ1) is 12.3. The Kier molecular flexibility index (Phi) is 3.64. The first-order valence-corrected chi connectivity index (χ1v) is 6.66. The van der Waals surface area contributed by atoms with Crippen LogP contribution < -0.4 is 4.74 Å². The number of benzene rings is 1. The van der Waals surface area contributed by atoms with Crippen molar-refractivity contribution in [3.05, 3.63) is 39.2 Å². The van der Waals surface area contributed by atoms with Gasteiger partial charge in [-0.2, -0.15) is 0 Å². The molecule has 0 N–H and O–H groups in total. The Balaban J connectivity index is 2.49. The number of carbonyl (C=O) groups excluding carboxylic acids is 1. The molecule has 2 rings (SSSR count). The third kappa shape index (κ3) is 2.42. The summed E-state index contributed by atoms with van der Waals surface area (Å²) in [5.74, 6) is 0.607. The van der Waals surface area contributed by atoms with Crippen molar-refractivity contribution in [1.82, 2.24) is 0 Å². The van der Waals surface area contributed by atoms with Crippen molar-refractivity contribution < 1.29 is 9.53 Å². The fourth-order valence-corrected chi connectivity index (χ4v) is 3.11. The quantitative estimate of drug-likeness (QED) is 0.790. The van der Waals surface area contributed by atoms with Gasteiger partial charge in [0.05, 0.1) is 12.7 Å². The third-order valence-corrected chi connectivity index (χ3v) is 4.68. The molecule has 0 aliphatic heterocycles. The number of hydrogen-bond acceptors (Lipinski definition) is 3. The normalized spacial score (nSPS) is 10.3. The minimum atomic E-state index is 0.576. The predicted molar refractivity (Wildman–Crippen MR) is 74.1 cm³/mol. The molecule has 0 atom stereocenters. The van der Waals surface area contributed by atoms with Gasteiger partial charge in [-0.15, -0.1) is 11.3 Å². The van der Waals surface area contributed by atoms with Crippen LogP contribution >= 0.6 is 27.3 Å². The van der Waals surface area contributed by atoms with E-state index in [0.717, 1.165) is 21.2 Å². The molecule has 4 heteroatoms. The zero-order valence-corrected chi connectivity index (χ0v) is 11.9. The van der Waals surface area contributed by atoms with Crippen molar-refractivity contribution in [2.24, 2.45) is 0 Å². The SMILES string of the molecule is COc1ccc(-c2cc(Br)c(C)s2)cc1C=O. The highest BCUT2D eigenvalue weighted by molar-refractivity contribution is 9.10. The summed E-state index contributed by atoms with van der Waals surface area (Å²) in [6, 6.07) is 7.70. The van der Waals surface area contributed by atoms with Crippen LogP contribution in [0.3, 0.4) is 0 Å². The van der Waals surface area contributed by atoms with Gasteiger partial charge in [0, 0.05) is 14.2 Å². The first-order chi connectivity index (χ1) is 8.15. The number of aldehydes is 1. The topological polar surface area (TPSA) is 26.3 Å². The van der Waals surface area contributed by atoms with Crippen LogP contribution in [0.15, 0.2) is 28.7 Å². The molecule has 1 aromatic carbocycles. The second-order valence-corrected chi connectivity index (χ2v) is 5.70. The van der Waals surface area contributed by atoms with E-state index in [9.17, 15) is 4.79 Å². The van der Waals surface area contributed by atoms with Gasteiger partial charge in [-0.25, -0.2) is 0 Å². The minimum absolute atomic E-state index is 0.576. The number of ether oxygens (including phenoxy) is 1. The summed E-state index contributed by atoms with van der Waals surface area (Å²) in [6.45, 7) is 2.06. The van der Waals surface area contributed by atoms with Crippen LogP contribution in [0.1, 0.15) is 15.2 Å². The van der Waals surface area contributed by atoms with Gasteiger partial charge in [-0.3, -0.25) is 4.79 Å². The molecule has 17 heavy (non-hydrogen) atoms. The number of halogens is 1. The predicted octanol–water partition coefficient (Wildman–Crippen LogP) is 4.31. The number of rotatable bonds is 3. The molecule has 0 radical (unpaired) electrons. The van der Waals surface area contributed by atoms with E-state index < -0.39 is 0 Å². The average Bonchev–Trinajstić information content (AvgIpc) is 2.68. The van der Waals surface area contributed by atoms with Gasteiger partial charge in [0.25, 0.3) is 0 Å². The number of carbonyl (C=O) groups is 1. The molecule has 0 saturated carbocycles. The Morgan fingerprint density at radius 1 is 1.35 bits per heavy atom. The average molecular weight is 311 g/mol. The zero-order chi connectivity index (χ0) is 12.4. The summed E-state index contributed by atoms with van der Waals surface area (Å²) in [7, 11) is 1.56.